The van der Waals surface area contributed by atoms with E-state index in [1.807, 2.05) is 13.8 Å². The van der Waals surface area contributed by atoms with Gasteiger partial charge in [-0.25, -0.2) is 12.8 Å². The van der Waals surface area contributed by atoms with Gasteiger partial charge in [-0.05, 0) is 49.2 Å². The Balaban J connectivity index is 2.45. The first kappa shape index (κ1) is 15.8. The Hall–Kier alpha value is -1.60. The van der Waals surface area contributed by atoms with Crippen molar-refractivity contribution in [1.82, 2.24) is 0 Å². The first-order valence-corrected chi connectivity index (χ1v) is 8.33. The second-order valence-electron chi connectivity index (χ2n) is 4.68. The Morgan fingerprint density at radius 2 is 1.76 bits per heavy atom. The molecule has 0 bridgehead atoms. The van der Waals surface area contributed by atoms with Gasteiger partial charge in [-0.15, -0.1) is 0 Å². The van der Waals surface area contributed by atoms with E-state index >= 15 is 0 Å². The lowest BCUT2D eigenvalue weighted by atomic mass is 10.1. The Morgan fingerprint density at radius 3 is 2.33 bits per heavy atom. The van der Waals surface area contributed by atoms with Crippen LogP contribution in [0.25, 0.3) is 0 Å². The summed E-state index contributed by atoms with van der Waals surface area (Å²) in [5, 5.41) is 0. The number of sulfonamides is 1. The number of para-hydroxylation sites is 1. The average Bonchev–Trinajstić information content (AvgIpc) is 2.38. The van der Waals surface area contributed by atoms with Crippen molar-refractivity contribution < 1.29 is 12.8 Å². The Kier molecular flexibility index (Phi) is 4.25. The van der Waals surface area contributed by atoms with Crippen LogP contribution in [-0.4, -0.2) is 8.42 Å². The van der Waals surface area contributed by atoms with Crippen LogP contribution < -0.4 is 10.5 Å². The van der Waals surface area contributed by atoms with Crippen LogP contribution in [-0.2, 0) is 10.0 Å². The van der Waals surface area contributed by atoms with E-state index in [9.17, 15) is 12.8 Å². The Labute approximate surface area is 131 Å². The third-order valence-corrected chi connectivity index (χ3v) is 5.68. The van der Waals surface area contributed by atoms with Gasteiger partial charge in [0.2, 0.25) is 0 Å². The molecule has 0 fully saturated rings. The molecule has 4 nitrogen and oxygen atoms in total. The number of anilines is 2. The van der Waals surface area contributed by atoms with Crippen molar-refractivity contribution in [2.45, 2.75) is 18.7 Å². The lowest BCUT2D eigenvalue weighted by Crippen LogP contribution is -2.15. The number of hydrogen-bond acceptors (Lipinski definition) is 3. The van der Waals surface area contributed by atoms with E-state index in [1.165, 1.54) is 12.1 Å². The van der Waals surface area contributed by atoms with E-state index < -0.39 is 21.5 Å². The zero-order chi connectivity index (χ0) is 15.8. The van der Waals surface area contributed by atoms with E-state index in [0.717, 1.165) is 21.7 Å². The first-order valence-electron chi connectivity index (χ1n) is 6.06. The van der Waals surface area contributed by atoms with Crippen molar-refractivity contribution in [3.05, 3.63) is 51.7 Å². The van der Waals surface area contributed by atoms with Crippen molar-refractivity contribution in [1.29, 1.82) is 0 Å². The second-order valence-corrected chi connectivity index (χ2v) is 7.12. The van der Waals surface area contributed by atoms with E-state index in [4.69, 9.17) is 5.73 Å². The molecule has 0 radical (unpaired) electrons. The van der Waals surface area contributed by atoms with Gasteiger partial charge in [-0.1, -0.05) is 22.0 Å². The predicted octanol–water partition coefficient (Wildman–Crippen LogP) is 3.59. The van der Waals surface area contributed by atoms with Crippen LogP contribution in [0.1, 0.15) is 11.1 Å². The maximum Gasteiger partial charge on any atom is 0.264 e. The van der Waals surface area contributed by atoms with Gasteiger partial charge in [-0.2, -0.15) is 0 Å². The topological polar surface area (TPSA) is 72.2 Å². The minimum Gasteiger partial charge on any atom is -0.395 e. The molecule has 0 amide bonds. The standard InChI is InChI=1S/C14H14BrFN2O2S/c1-8-6-10(7-9(2)13(8)15)18-21(19,20)12-5-3-4-11(16)14(12)17/h3-7,18H,17H2,1-2H3. The molecule has 7 heteroatoms. The molecule has 3 N–H and O–H groups in total. The minimum absolute atomic E-state index is 0.277. The van der Waals surface area contributed by atoms with Crippen LogP contribution in [0, 0.1) is 19.7 Å². The Bertz CT molecular complexity index is 784. The quantitative estimate of drug-likeness (QED) is 0.808. The van der Waals surface area contributed by atoms with Crippen LogP contribution in [0.5, 0.6) is 0 Å². The number of rotatable bonds is 3. The van der Waals surface area contributed by atoms with E-state index in [1.54, 1.807) is 12.1 Å². The molecule has 0 heterocycles. The number of aryl methyl sites for hydroxylation is 2. The van der Waals surface area contributed by atoms with Gasteiger partial charge < -0.3 is 5.73 Å². The number of benzene rings is 2. The molecule has 0 atom stereocenters. The molecule has 21 heavy (non-hydrogen) atoms. The van der Waals surface area contributed by atoms with Gasteiger partial charge in [0.25, 0.3) is 10.0 Å². The molecule has 0 aliphatic rings. The summed E-state index contributed by atoms with van der Waals surface area (Å²) in [4.78, 5) is -0.277. The van der Waals surface area contributed by atoms with Crippen LogP contribution in [0.2, 0.25) is 0 Å². The highest BCUT2D eigenvalue weighted by Gasteiger charge is 2.20. The highest BCUT2D eigenvalue weighted by molar-refractivity contribution is 9.10. The molecule has 0 aliphatic heterocycles. The van der Waals surface area contributed by atoms with Gasteiger partial charge in [0.05, 0.1) is 5.69 Å². The van der Waals surface area contributed by atoms with E-state index in [0.29, 0.717) is 5.69 Å². The lowest BCUT2D eigenvalue weighted by molar-refractivity contribution is 0.597. The summed E-state index contributed by atoms with van der Waals surface area (Å²) in [7, 11) is -3.94. The zero-order valence-corrected chi connectivity index (χ0v) is 13.8. The third-order valence-electron chi connectivity index (χ3n) is 2.99. The maximum atomic E-state index is 13.4. The summed E-state index contributed by atoms with van der Waals surface area (Å²) in [6, 6.07) is 7.05. The smallest absolute Gasteiger partial charge is 0.264 e. The summed E-state index contributed by atoms with van der Waals surface area (Å²) >= 11 is 3.41. The van der Waals surface area contributed by atoms with Gasteiger partial charge in [0.15, 0.2) is 0 Å². The fourth-order valence-corrected chi connectivity index (χ4v) is 3.38. The molecule has 0 aromatic heterocycles. The monoisotopic (exact) mass is 372 g/mol. The van der Waals surface area contributed by atoms with Gasteiger partial charge in [0, 0.05) is 10.2 Å². The summed E-state index contributed by atoms with van der Waals surface area (Å²) in [6.45, 7) is 3.71. The van der Waals surface area contributed by atoms with Crippen molar-refractivity contribution in [3.63, 3.8) is 0 Å². The van der Waals surface area contributed by atoms with Crippen LogP contribution >= 0.6 is 15.9 Å². The summed E-state index contributed by atoms with van der Waals surface area (Å²) in [5.41, 5.74) is 7.29. The molecule has 0 aliphatic carbocycles. The molecule has 0 spiro atoms. The first-order chi connectivity index (χ1) is 9.72. The number of nitrogens with two attached hydrogens (primary N) is 1. The molecule has 2 aromatic rings. The van der Waals surface area contributed by atoms with Crippen LogP contribution in [0.15, 0.2) is 39.7 Å². The number of nitrogens with one attached hydrogen (secondary N) is 1. The van der Waals surface area contributed by atoms with E-state index in [2.05, 4.69) is 20.7 Å². The average molecular weight is 373 g/mol. The maximum absolute atomic E-state index is 13.4. The lowest BCUT2D eigenvalue weighted by Gasteiger charge is -2.13. The van der Waals surface area contributed by atoms with Gasteiger partial charge in [-0.3, -0.25) is 4.72 Å². The molecule has 0 unspecified atom stereocenters. The largest absolute Gasteiger partial charge is 0.395 e. The van der Waals surface area contributed by atoms with Crippen molar-refractivity contribution in [2.75, 3.05) is 10.5 Å². The van der Waals surface area contributed by atoms with Crippen LogP contribution in [0.3, 0.4) is 0 Å². The number of hydrogen-bond donors (Lipinski definition) is 2. The molecular formula is C14H14BrFN2O2S. The molecule has 0 saturated heterocycles. The Morgan fingerprint density at radius 1 is 1.19 bits per heavy atom. The highest BCUT2D eigenvalue weighted by atomic mass is 79.9. The van der Waals surface area contributed by atoms with Crippen molar-refractivity contribution in [3.8, 4) is 0 Å². The zero-order valence-electron chi connectivity index (χ0n) is 11.4. The van der Waals surface area contributed by atoms with Crippen LogP contribution in [0.4, 0.5) is 15.8 Å². The number of halogens is 2. The van der Waals surface area contributed by atoms with Crippen molar-refractivity contribution in [2.24, 2.45) is 0 Å². The van der Waals surface area contributed by atoms with E-state index in [-0.39, 0.29) is 4.90 Å². The normalized spacial score (nSPS) is 11.4. The summed E-state index contributed by atoms with van der Waals surface area (Å²) in [5.74, 6) is -0.763. The number of nitrogen functional groups attached to an aromatic ring is 1. The van der Waals surface area contributed by atoms with Gasteiger partial charge >= 0.3 is 0 Å². The molecule has 0 saturated carbocycles. The SMILES string of the molecule is Cc1cc(NS(=O)(=O)c2cccc(F)c2N)cc(C)c1Br. The molecule has 2 aromatic carbocycles. The fraction of sp³-hybridized carbons (Fsp3) is 0.143. The second kappa shape index (κ2) is 5.65. The molecule has 2 rings (SSSR count). The summed E-state index contributed by atoms with van der Waals surface area (Å²) in [6.07, 6.45) is 0. The van der Waals surface area contributed by atoms with Gasteiger partial charge in [0.1, 0.15) is 10.7 Å². The van der Waals surface area contributed by atoms with Crippen molar-refractivity contribution >= 4 is 37.3 Å². The summed E-state index contributed by atoms with van der Waals surface area (Å²) < 4.78 is 41.4. The third kappa shape index (κ3) is 3.19. The predicted molar refractivity (Wildman–Crippen MR) is 85.2 cm³/mol. The fourth-order valence-electron chi connectivity index (χ4n) is 1.97. The molecular weight excluding hydrogens is 359 g/mol. The molecule has 112 valence electrons. The highest BCUT2D eigenvalue weighted by Crippen LogP contribution is 2.28. The minimum atomic E-state index is -3.94.